The van der Waals surface area contributed by atoms with Crippen molar-refractivity contribution in [1.29, 1.82) is 0 Å². The SMILES string of the molecule is CNC(Cc1ccsc1)c1ccc(OC)nn1. The van der Waals surface area contributed by atoms with E-state index in [0.29, 0.717) is 5.88 Å². The summed E-state index contributed by atoms with van der Waals surface area (Å²) in [7, 11) is 3.52. The Hall–Kier alpha value is -1.46. The van der Waals surface area contributed by atoms with Gasteiger partial charge in [0.2, 0.25) is 5.88 Å². The van der Waals surface area contributed by atoms with E-state index in [4.69, 9.17) is 4.74 Å². The van der Waals surface area contributed by atoms with Crippen LogP contribution < -0.4 is 10.1 Å². The lowest BCUT2D eigenvalue weighted by Crippen LogP contribution is -2.20. The van der Waals surface area contributed by atoms with E-state index >= 15 is 0 Å². The van der Waals surface area contributed by atoms with E-state index in [2.05, 4.69) is 32.3 Å². The van der Waals surface area contributed by atoms with Gasteiger partial charge in [0.1, 0.15) is 0 Å². The van der Waals surface area contributed by atoms with Gasteiger partial charge in [-0.2, -0.15) is 16.4 Å². The summed E-state index contributed by atoms with van der Waals surface area (Å²) in [6, 6.07) is 6.09. The standard InChI is InChI=1S/C12H15N3OS/c1-13-11(7-9-5-6-17-8-9)10-3-4-12(16-2)15-14-10/h3-6,8,11,13H,7H2,1-2H3. The fourth-order valence-electron chi connectivity index (χ4n) is 1.62. The van der Waals surface area contributed by atoms with Gasteiger partial charge >= 0.3 is 0 Å². The minimum absolute atomic E-state index is 0.183. The molecular weight excluding hydrogens is 234 g/mol. The van der Waals surface area contributed by atoms with E-state index in [1.807, 2.05) is 19.2 Å². The highest BCUT2D eigenvalue weighted by Crippen LogP contribution is 2.18. The molecule has 1 atom stereocenters. The first kappa shape index (κ1) is 12.0. The number of aromatic nitrogens is 2. The lowest BCUT2D eigenvalue weighted by Gasteiger charge is -2.14. The molecule has 0 bridgehead atoms. The Balaban J connectivity index is 2.11. The van der Waals surface area contributed by atoms with Crippen molar-refractivity contribution in [2.45, 2.75) is 12.5 Å². The molecule has 0 aliphatic heterocycles. The van der Waals surface area contributed by atoms with Crippen LogP contribution in [0, 0.1) is 0 Å². The van der Waals surface area contributed by atoms with Crippen molar-refractivity contribution in [3.63, 3.8) is 0 Å². The smallest absolute Gasteiger partial charge is 0.233 e. The highest BCUT2D eigenvalue weighted by Gasteiger charge is 2.12. The normalized spacial score (nSPS) is 12.4. The van der Waals surface area contributed by atoms with Crippen molar-refractivity contribution in [2.24, 2.45) is 0 Å². The molecule has 2 aromatic heterocycles. The second-order valence-corrected chi connectivity index (χ2v) is 4.46. The summed E-state index contributed by atoms with van der Waals surface area (Å²) in [4.78, 5) is 0. The third kappa shape index (κ3) is 3.01. The van der Waals surface area contributed by atoms with Gasteiger partial charge in [-0.05, 0) is 41.9 Å². The second-order valence-electron chi connectivity index (χ2n) is 3.68. The molecular formula is C12H15N3OS. The fraction of sp³-hybridized carbons (Fsp3) is 0.333. The molecule has 5 heteroatoms. The van der Waals surface area contributed by atoms with Crippen LogP contribution in [0.15, 0.2) is 29.0 Å². The summed E-state index contributed by atoms with van der Waals surface area (Å²) >= 11 is 1.71. The van der Waals surface area contributed by atoms with Crippen LogP contribution in [0.25, 0.3) is 0 Å². The van der Waals surface area contributed by atoms with Gasteiger partial charge < -0.3 is 10.1 Å². The molecule has 2 heterocycles. The largest absolute Gasteiger partial charge is 0.480 e. The van der Waals surface area contributed by atoms with Crippen molar-refractivity contribution in [2.75, 3.05) is 14.2 Å². The van der Waals surface area contributed by atoms with Crippen LogP contribution in [-0.4, -0.2) is 24.4 Å². The van der Waals surface area contributed by atoms with E-state index in [0.717, 1.165) is 12.1 Å². The molecule has 4 nitrogen and oxygen atoms in total. The highest BCUT2D eigenvalue weighted by atomic mass is 32.1. The molecule has 0 aromatic carbocycles. The highest BCUT2D eigenvalue weighted by molar-refractivity contribution is 7.07. The third-order valence-corrected chi connectivity index (χ3v) is 3.33. The Morgan fingerprint density at radius 1 is 1.35 bits per heavy atom. The maximum absolute atomic E-state index is 5.00. The van der Waals surface area contributed by atoms with E-state index in [-0.39, 0.29) is 6.04 Å². The minimum atomic E-state index is 0.183. The number of methoxy groups -OCH3 is 1. The van der Waals surface area contributed by atoms with Gasteiger partial charge in [-0.1, -0.05) is 0 Å². The van der Waals surface area contributed by atoms with Crippen LogP contribution in [-0.2, 0) is 6.42 Å². The van der Waals surface area contributed by atoms with Gasteiger partial charge in [0.15, 0.2) is 0 Å². The number of hydrogen-bond acceptors (Lipinski definition) is 5. The zero-order chi connectivity index (χ0) is 12.1. The third-order valence-electron chi connectivity index (χ3n) is 2.60. The number of nitrogens with zero attached hydrogens (tertiary/aromatic N) is 2. The summed E-state index contributed by atoms with van der Waals surface area (Å²) in [6.45, 7) is 0. The zero-order valence-electron chi connectivity index (χ0n) is 9.88. The maximum Gasteiger partial charge on any atom is 0.233 e. The summed E-state index contributed by atoms with van der Waals surface area (Å²) in [5.74, 6) is 0.541. The molecule has 17 heavy (non-hydrogen) atoms. The zero-order valence-corrected chi connectivity index (χ0v) is 10.7. The van der Waals surface area contributed by atoms with Crippen LogP contribution in [0.5, 0.6) is 5.88 Å². The lowest BCUT2D eigenvalue weighted by atomic mass is 10.1. The predicted octanol–water partition coefficient (Wildman–Crippen LogP) is 2.05. The molecule has 1 N–H and O–H groups in total. The number of hydrogen-bond donors (Lipinski definition) is 1. The number of ether oxygens (including phenoxy) is 1. The number of rotatable bonds is 5. The first-order valence-electron chi connectivity index (χ1n) is 5.39. The molecule has 0 aliphatic carbocycles. The monoisotopic (exact) mass is 249 g/mol. The lowest BCUT2D eigenvalue weighted by molar-refractivity contribution is 0.389. The Morgan fingerprint density at radius 2 is 2.24 bits per heavy atom. The quantitative estimate of drug-likeness (QED) is 0.881. The van der Waals surface area contributed by atoms with Crippen molar-refractivity contribution < 1.29 is 4.74 Å². The number of nitrogens with one attached hydrogen (secondary N) is 1. The Bertz CT molecular complexity index is 441. The number of likely N-dealkylation sites (N-methyl/N-ethyl adjacent to an activating group) is 1. The van der Waals surface area contributed by atoms with Crippen molar-refractivity contribution in [3.05, 3.63) is 40.2 Å². The maximum atomic E-state index is 5.00. The first-order valence-corrected chi connectivity index (χ1v) is 6.33. The van der Waals surface area contributed by atoms with Crippen molar-refractivity contribution in [1.82, 2.24) is 15.5 Å². The summed E-state index contributed by atoms with van der Waals surface area (Å²) < 4.78 is 5.00. The fourth-order valence-corrected chi connectivity index (χ4v) is 2.31. The molecule has 0 spiro atoms. The van der Waals surface area contributed by atoms with Gasteiger partial charge in [0.05, 0.1) is 18.8 Å². The summed E-state index contributed by atoms with van der Waals surface area (Å²) in [5, 5.41) is 15.6. The van der Waals surface area contributed by atoms with Gasteiger partial charge in [-0.25, -0.2) is 0 Å². The number of thiophene rings is 1. The molecule has 90 valence electrons. The van der Waals surface area contributed by atoms with E-state index in [1.54, 1.807) is 18.4 Å². The first-order chi connectivity index (χ1) is 8.33. The second kappa shape index (κ2) is 5.75. The predicted molar refractivity (Wildman–Crippen MR) is 68.4 cm³/mol. The topological polar surface area (TPSA) is 47.0 Å². The van der Waals surface area contributed by atoms with E-state index in [1.165, 1.54) is 5.56 Å². The Morgan fingerprint density at radius 3 is 2.76 bits per heavy atom. The van der Waals surface area contributed by atoms with Gasteiger partial charge in [-0.3, -0.25) is 0 Å². The van der Waals surface area contributed by atoms with Crippen LogP contribution in [0.3, 0.4) is 0 Å². The van der Waals surface area contributed by atoms with Gasteiger partial charge in [0, 0.05) is 6.07 Å². The minimum Gasteiger partial charge on any atom is -0.480 e. The molecule has 2 rings (SSSR count). The average molecular weight is 249 g/mol. The summed E-state index contributed by atoms with van der Waals surface area (Å²) in [5.41, 5.74) is 2.24. The molecule has 1 unspecified atom stereocenters. The Labute approximate surface area is 105 Å². The van der Waals surface area contributed by atoms with Crippen molar-refractivity contribution in [3.8, 4) is 5.88 Å². The molecule has 0 saturated carbocycles. The average Bonchev–Trinajstić information content (AvgIpc) is 2.89. The van der Waals surface area contributed by atoms with Crippen LogP contribution in [0.4, 0.5) is 0 Å². The molecule has 0 aliphatic rings. The molecule has 0 amide bonds. The molecule has 0 saturated heterocycles. The Kier molecular flexibility index (Phi) is 4.06. The molecule has 2 aromatic rings. The molecule has 0 radical (unpaired) electrons. The van der Waals surface area contributed by atoms with Crippen molar-refractivity contribution >= 4 is 11.3 Å². The van der Waals surface area contributed by atoms with Crippen LogP contribution in [0.1, 0.15) is 17.3 Å². The van der Waals surface area contributed by atoms with Crippen LogP contribution in [0.2, 0.25) is 0 Å². The van der Waals surface area contributed by atoms with Gasteiger partial charge in [0.25, 0.3) is 0 Å². The van der Waals surface area contributed by atoms with E-state index in [9.17, 15) is 0 Å². The van der Waals surface area contributed by atoms with E-state index < -0.39 is 0 Å². The molecule has 0 fully saturated rings. The van der Waals surface area contributed by atoms with Crippen LogP contribution >= 0.6 is 11.3 Å². The van der Waals surface area contributed by atoms with Gasteiger partial charge in [-0.15, -0.1) is 5.10 Å². The summed E-state index contributed by atoms with van der Waals surface area (Å²) in [6.07, 6.45) is 0.918.